The van der Waals surface area contributed by atoms with E-state index in [1.807, 2.05) is 18.5 Å². The van der Waals surface area contributed by atoms with Crippen molar-refractivity contribution >= 4 is 16.8 Å². The van der Waals surface area contributed by atoms with Gasteiger partial charge in [0, 0.05) is 37.1 Å². The lowest BCUT2D eigenvalue weighted by molar-refractivity contribution is -0.137. The molecule has 1 aromatic carbocycles. The molecular formula is C15H17F3N2O. The Bertz CT molecular complexity index is 686. The Morgan fingerprint density at radius 2 is 2.00 bits per heavy atom. The first-order chi connectivity index (χ1) is 9.75. The lowest BCUT2D eigenvalue weighted by Crippen LogP contribution is -2.18. The van der Waals surface area contributed by atoms with Gasteiger partial charge in [-0.15, -0.1) is 0 Å². The SMILES string of the molecule is CNC(=O)CCc1c(C)n(C)c2ccc(C(F)(F)F)cc12. The van der Waals surface area contributed by atoms with E-state index < -0.39 is 11.7 Å². The molecule has 0 spiro atoms. The van der Waals surface area contributed by atoms with Crippen LogP contribution in [-0.2, 0) is 24.4 Å². The Morgan fingerprint density at radius 1 is 1.33 bits per heavy atom. The molecule has 0 unspecified atom stereocenters. The van der Waals surface area contributed by atoms with E-state index in [2.05, 4.69) is 5.32 Å². The standard InChI is InChI=1S/C15H17F3N2O/c1-9-11(5-7-14(21)19-2)12-8-10(15(16,17)18)4-6-13(12)20(9)3/h4,6,8H,5,7H2,1-3H3,(H,19,21). The van der Waals surface area contributed by atoms with Gasteiger partial charge in [0.15, 0.2) is 0 Å². The molecule has 1 aromatic heterocycles. The van der Waals surface area contributed by atoms with E-state index in [-0.39, 0.29) is 12.3 Å². The molecule has 6 heteroatoms. The summed E-state index contributed by atoms with van der Waals surface area (Å²) < 4.78 is 40.4. The maximum Gasteiger partial charge on any atom is 0.416 e. The minimum absolute atomic E-state index is 0.127. The van der Waals surface area contributed by atoms with Gasteiger partial charge in [-0.3, -0.25) is 4.79 Å². The van der Waals surface area contributed by atoms with Gasteiger partial charge < -0.3 is 9.88 Å². The fourth-order valence-corrected chi connectivity index (χ4v) is 2.50. The van der Waals surface area contributed by atoms with Crippen molar-refractivity contribution in [1.29, 1.82) is 0 Å². The summed E-state index contributed by atoms with van der Waals surface area (Å²) in [6.07, 6.45) is -3.69. The zero-order chi connectivity index (χ0) is 15.8. The second kappa shape index (κ2) is 5.42. The number of nitrogens with zero attached hydrogens (tertiary/aromatic N) is 1. The van der Waals surface area contributed by atoms with Crippen molar-refractivity contribution in [3.8, 4) is 0 Å². The zero-order valence-corrected chi connectivity index (χ0v) is 12.1. The summed E-state index contributed by atoms with van der Waals surface area (Å²) in [5.41, 5.74) is 1.75. The molecule has 0 aliphatic heterocycles. The van der Waals surface area contributed by atoms with Crippen molar-refractivity contribution in [3.63, 3.8) is 0 Å². The van der Waals surface area contributed by atoms with Crippen molar-refractivity contribution in [3.05, 3.63) is 35.0 Å². The number of rotatable bonds is 3. The zero-order valence-electron chi connectivity index (χ0n) is 12.1. The Balaban J connectivity index is 2.52. The number of amides is 1. The molecule has 2 aromatic rings. The van der Waals surface area contributed by atoms with Gasteiger partial charge in [-0.2, -0.15) is 13.2 Å². The van der Waals surface area contributed by atoms with Gasteiger partial charge in [0.25, 0.3) is 0 Å². The van der Waals surface area contributed by atoms with Gasteiger partial charge in [-0.1, -0.05) is 0 Å². The first-order valence-corrected chi connectivity index (χ1v) is 6.61. The Hall–Kier alpha value is -1.98. The van der Waals surface area contributed by atoms with Gasteiger partial charge in [0.2, 0.25) is 5.91 Å². The van der Waals surface area contributed by atoms with Crippen molar-refractivity contribution in [2.24, 2.45) is 7.05 Å². The van der Waals surface area contributed by atoms with E-state index in [1.54, 1.807) is 7.05 Å². The highest BCUT2D eigenvalue weighted by Crippen LogP contribution is 2.34. The van der Waals surface area contributed by atoms with Crippen LogP contribution in [0.3, 0.4) is 0 Å². The maximum absolute atomic E-state index is 12.9. The number of aromatic nitrogens is 1. The molecular weight excluding hydrogens is 281 g/mol. The van der Waals surface area contributed by atoms with Crippen LogP contribution in [0.5, 0.6) is 0 Å². The third-order valence-corrected chi connectivity index (χ3v) is 3.83. The predicted octanol–water partition coefficient (Wildman–Crippen LogP) is 3.18. The lowest BCUT2D eigenvalue weighted by Gasteiger charge is -2.07. The average Bonchev–Trinajstić information content (AvgIpc) is 2.67. The molecule has 1 heterocycles. The number of carbonyl (C=O) groups is 1. The highest BCUT2D eigenvalue weighted by molar-refractivity contribution is 5.87. The van der Waals surface area contributed by atoms with Crippen molar-refractivity contribution < 1.29 is 18.0 Å². The molecule has 0 saturated carbocycles. The van der Waals surface area contributed by atoms with Crippen LogP contribution in [0.2, 0.25) is 0 Å². The quantitative estimate of drug-likeness (QED) is 0.928. The van der Waals surface area contributed by atoms with Crippen LogP contribution in [0.4, 0.5) is 13.2 Å². The number of hydrogen-bond acceptors (Lipinski definition) is 1. The molecule has 0 saturated heterocycles. The van der Waals surface area contributed by atoms with Crippen LogP contribution < -0.4 is 5.32 Å². The number of benzene rings is 1. The number of halogens is 3. The number of hydrogen-bond donors (Lipinski definition) is 1. The molecule has 3 nitrogen and oxygen atoms in total. The third kappa shape index (κ3) is 2.89. The maximum atomic E-state index is 12.9. The fraction of sp³-hybridized carbons (Fsp3) is 0.400. The highest BCUT2D eigenvalue weighted by Gasteiger charge is 2.31. The smallest absolute Gasteiger partial charge is 0.359 e. The second-order valence-electron chi connectivity index (χ2n) is 5.03. The molecule has 1 N–H and O–H groups in total. The largest absolute Gasteiger partial charge is 0.416 e. The first-order valence-electron chi connectivity index (χ1n) is 6.61. The summed E-state index contributed by atoms with van der Waals surface area (Å²) in [7, 11) is 3.36. The summed E-state index contributed by atoms with van der Waals surface area (Å²) in [4.78, 5) is 11.4. The molecule has 0 aliphatic rings. The molecule has 0 fully saturated rings. The van der Waals surface area contributed by atoms with E-state index in [4.69, 9.17) is 0 Å². The van der Waals surface area contributed by atoms with Crippen LogP contribution in [-0.4, -0.2) is 17.5 Å². The molecule has 0 radical (unpaired) electrons. The van der Waals surface area contributed by atoms with Crippen LogP contribution in [0, 0.1) is 6.92 Å². The second-order valence-corrected chi connectivity index (χ2v) is 5.03. The summed E-state index contributed by atoms with van der Waals surface area (Å²) in [5.74, 6) is -0.127. The van der Waals surface area contributed by atoms with E-state index in [0.717, 1.165) is 22.8 Å². The minimum Gasteiger partial charge on any atom is -0.359 e. The van der Waals surface area contributed by atoms with Gasteiger partial charge >= 0.3 is 6.18 Å². The molecule has 0 atom stereocenters. The Labute approximate surface area is 120 Å². The monoisotopic (exact) mass is 298 g/mol. The molecule has 0 bridgehead atoms. The molecule has 1 amide bonds. The molecule has 21 heavy (non-hydrogen) atoms. The average molecular weight is 298 g/mol. The van der Waals surface area contributed by atoms with Crippen LogP contribution in [0.25, 0.3) is 10.9 Å². The topological polar surface area (TPSA) is 34.0 Å². The number of alkyl halides is 3. The Morgan fingerprint density at radius 3 is 2.57 bits per heavy atom. The summed E-state index contributed by atoms with van der Waals surface area (Å²) in [5, 5.41) is 3.08. The molecule has 2 rings (SSSR count). The summed E-state index contributed by atoms with van der Waals surface area (Å²) >= 11 is 0. The van der Waals surface area contributed by atoms with E-state index in [1.165, 1.54) is 12.1 Å². The predicted molar refractivity (Wildman–Crippen MR) is 75.0 cm³/mol. The van der Waals surface area contributed by atoms with Crippen molar-refractivity contribution in [2.75, 3.05) is 7.05 Å². The van der Waals surface area contributed by atoms with Crippen molar-refractivity contribution in [1.82, 2.24) is 9.88 Å². The van der Waals surface area contributed by atoms with Gasteiger partial charge in [-0.25, -0.2) is 0 Å². The minimum atomic E-state index is -4.37. The first kappa shape index (κ1) is 15.4. The van der Waals surface area contributed by atoms with E-state index in [9.17, 15) is 18.0 Å². The fourth-order valence-electron chi connectivity index (χ4n) is 2.50. The van der Waals surface area contributed by atoms with Crippen LogP contribution >= 0.6 is 0 Å². The molecule has 0 aliphatic carbocycles. The van der Waals surface area contributed by atoms with Gasteiger partial charge in [0.1, 0.15) is 0 Å². The van der Waals surface area contributed by atoms with E-state index >= 15 is 0 Å². The lowest BCUT2D eigenvalue weighted by atomic mass is 10.0. The number of aryl methyl sites for hydroxylation is 2. The number of carbonyl (C=O) groups excluding carboxylic acids is 1. The highest BCUT2D eigenvalue weighted by atomic mass is 19.4. The van der Waals surface area contributed by atoms with Crippen LogP contribution in [0.1, 0.15) is 23.2 Å². The summed E-state index contributed by atoms with van der Waals surface area (Å²) in [6, 6.07) is 3.74. The van der Waals surface area contributed by atoms with Crippen molar-refractivity contribution in [2.45, 2.75) is 25.9 Å². The third-order valence-electron chi connectivity index (χ3n) is 3.83. The number of nitrogens with one attached hydrogen (secondary N) is 1. The van der Waals surface area contributed by atoms with E-state index in [0.29, 0.717) is 11.8 Å². The Kier molecular flexibility index (Phi) is 3.98. The number of fused-ring (bicyclic) bond motifs is 1. The van der Waals surface area contributed by atoms with Gasteiger partial charge in [0.05, 0.1) is 5.56 Å². The molecule has 114 valence electrons. The van der Waals surface area contributed by atoms with Crippen LogP contribution in [0.15, 0.2) is 18.2 Å². The summed E-state index contributed by atoms with van der Waals surface area (Å²) in [6.45, 7) is 1.85. The van der Waals surface area contributed by atoms with Gasteiger partial charge in [-0.05, 0) is 37.1 Å². The normalized spacial score (nSPS) is 11.9.